The van der Waals surface area contributed by atoms with Crippen LogP contribution < -0.4 is 5.32 Å². The van der Waals surface area contributed by atoms with E-state index in [0.717, 1.165) is 12.3 Å². The summed E-state index contributed by atoms with van der Waals surface area (Å²) in [6.45, 7) is 5.01. The Morgan fingerprint density at radius 1 is 1.47 bits per heavy atom. The molecule has 1 rings (SSSR count). The summed E-state index contributed by atoms with van der Waals surface area (Å²) in [6.07, 6.45) is -4.21. The molecule has 1 heterocycles. The van der Waals surface area contributed by atoms with Crippen molar-refractivity contribution >= 4 is 11.9 Å². The van der Waals surface area contributed by atoms with Crippen LogP contribution in [0.5, 0.6) is 0 Å². The summed E-state index contributed by atoms with van der Waals surface area (Å²) >= 11 is 0. The van der Waals surface area contributed by atoms with Crippen molar-refractivity contribution in [1.29, 1.82) is 0 Å². The number of carbonyl (C=O) groups is 1. The minimum absolute atomic E-state index is 0.0851. The van der Waals surface area contributed by atoms with Crippen molar-refractivity contribution in [3.8, 4) is 0 Å². The van der Waals surface area contributed by atoms with Crippen molar-refractivity contribution < 1.29 is 22.7 Å². The summed E-state index contributed by atoms with van der Waals surface area (Å²) in [5, 5.41) is 2.15. The van der Waals surface area contributed by atoms with Gasteiger partial charge in [0.05, 0.1) is 12.2 Å². The summed E-state index contributed by atoms with van der Waals surface area (Å²) in [6, 6.07) is 0.812. The molecule has 0 aliphatic rings. The van der Waals surface area contributed by atoms with Crippen LogP contribution in [0.4, 0.5) is 23.8 Å². The molecule has 1 aromatic rings. The molecule has 4 nitrogen and oxygen atoms in total. The van der Waals surface area contributed by atoms with Crippen LogP contribution >= 0.6 is 0 Å². The molecule has 0 aliphatic heterocycles. The van der Waals surface area contributed by atoms with E-state index < -0.39 is 17.8 Å². The fraction of sp³-hybridized carbons (Fsp3) is 0.500. The molecule has 0 bridgehead atoms. The van der Waals surface area contributed by atoms with Crippen LogP contribution in [-0.4, -0.2) is 17.7 Å². The molecule has 0 unspecified atom stereocenters. The quantitative estimate of drug-likeness (QED) is 0.913. The Morgan fingerprint density at radius 3 is 2.58 bits per heavy atom. The highest BCUT2D eigenvalue weighted by atomic mass is 19.4. The van der Waals surface area contributed by atoms with Gasteiger partial charge < -0.3 is 4.74 Å². The van der Waals surface area contributed by atoms with Crippen molar-refractivity contribution in [2.75, 3.05) is 11.9 Å². The summed E-state index contributed by atoms with van der Waals surface area (Å²) in [5.74, 6) is -0.504. The van der Waals surface area contributed by atoms with Gasteiger partial charge in [0.1, 0.15) is 5.82 Å². The van der Waals surface area contributed by atoms with Crippen molar-refractivity contribution in [3.63, 3.8) is 0 Å². The second-order valence-electron chi connectivity index (χ2n) is 4.15. The third kappa shape index (κ3) is 4.11. The molecule has 0 atom stereocenters. The minimum atomic E-state index is -4.49. The molecule has 0 aliphatic carbocycles. The van der Waals surface area contributed by atoms with Crippen LogP contribution in [0.2, 0.25) is 0 Å². The number of nitrogens with one attached hydrogen (secondary N) is 1. The third-order valence-corrected chi connectivity index (χ3v) is 2.37. The van der Waals surface area contributed by atoms with Gasteiger partial charge in [-0.1, -0.05) is 13.8 Å². The van der Waals surface area contributed by atoms with Crippen LogP contribution in [0.3, 0.4) is 0 Å². The minimum Gasteiger partial charge on any atom is -0.450 e. The first-order valence-electron chi connectivity index (χ1n) is 5.76. The predicted octanol–water partition coefficient (Wildman–Crippen LogP) is 3.79. The Hall–Kier alpha value is -1.79. The van der Waals surface area contributed by atoms with Gasteiger partial charge in [0.2, 0.25) is 0 Å². The van der Waals surface area contributed by atoms with E-state index in [1.54, 1.807) is 20.8 Å². The van der Waals surface area contributed by atoms with E-state index in [4.69, 9.17) is 0 Å². The molecule has 0 saturated carbocycles. The maximum atomic E-state index is 12.9. The molecule has 0 radical (unpaired) electrons. The van der Waals surface area contributed by atoms with Crippen molar-refractivity contribution in [3.05, 3.63) is 23.4 Å². The van der Waals surface area contributed by atoms with E-state index in [1.807, 2.05) is 0 Å². The lowest BCUT2D eigenvalue weighted by Gasteiger charge is -2.16. The molecule has 106 valence electrons. The number of rotatable bonds is 3. The predicted molar refractivity (Wildman–Crippen MR) is 64.0 cm³/mol. The molecule has 1 amide bonds. The van der Waals surface area contributed by atoms with Gasteiger partial charge in [-0.25, -0.2) is 9.78 Å². The van der Waals surface area contributed by atoms with Gasteiger partial charge in [0.15, 0.2) is 0 Å². The third-order valence-electron chi connectivity index (χ3n) is 2.37. The highest BCUT2D eigenvalue weighted by Gasteiger charge is 2.34. The van der Waals surface area contributed by atoms with Gasteiger partial charge in [0.25, 0.3) is 0 Å². The Bertz CT molecular complexity index is 459. The molecule has 0 saturated heterocycles. The lowest BCUT2D eigenvalue weighted by molar-refractivity contribution is -0.138. The molecule has 1 N–H and O–H groups in total. The fourth-order valence-electron chi connectivity index (χ4n) is 1.51. The zero-order chi connectivity index (χ0) is 14.6. The topological polar surface area (TPSA) is 51.2 Å². The van der Waals surface area contributed by atoms with Crippen LogP contribution in [0.25, 0.3) is 0 Å². The number of anilines is 1. The number of nitrogens with zero attached hydrogens (tertiary/aromatic N) is 1. The summed E-state index contributed by atoms with van der Waals surface area (Å²) in [7, 11) is 0. The Balaban J connectivity index is 3.09. The zero-order valence-corrected chi connectivity index (χ0v) is 10.8. The number of aromatic nitrogens is 1. The monoisotopic (exact) mass is 276 g/mol. The number of halogens is 3. The van der Waals surface area contributed by atoms with Crippen molar-refractivity contribution in [1.82, 2.24) is 4.98 Å². The standard InChI is InChI=1S/C12H15F3N2O2/c1-4-19-11(18)17-10-5-9(12(13,14)15)8(6-16-10)7(2)3/h5-7H,4H2,1-3H3,(H,16,17,18). The van der Waals surface area contributed by atoms with E-state index in [0.29, 0.717) is 0 Å². The lowest BCUT2D eigenvalue weighted by atomic mass is 9.99. The second-order valence-corrected chi connectivity index (χ2v) is 4.15. The molecule has 0 spiro atoms. The molecule has 7 heteroatoms. The first-order chi connectivity index (χ1) is 8.75. The number of amides is 1. The Kier molecular flexibility index (Phi) is 4.74. The molecular weight excluding hydrogens is 261 g/mol. The number of hydrogen-bond donors (Lipinski definition) is 1. The number of pyridine rings is 1. The SMILES string of the molecule is CCOC(=O)Nc1cc(C(F)(F)F)c(C(C)C)cn1. The number of carbonyl (C=O) groups excluding carboxylic acids is 1. The van der Waals surface area contributed by atoms with E-state index in [2.05, 4.69) is 15.0 Å². The largest absolute Gasteiger partial charge is 0.450 e. The van der Waals surface area contributed by atoms with E-state index in [1.165, 1.54) is 0 Å². The molecule has 1 aromatic heterocycles. The van der Waals surface area contributed by atoms with Crippen LogP contribution in [-0.2, 0) is 10.9 Å². The van der Waals surface area contributed by atoms with Crippen LogP contribution in [0.15, 0.2) is 12.3 Å². The number of alkyl halides is 3. The normalized spacial score (nSPS) is 11.5. The fourth-order valence-corrected chi connectivity index (χ4v) is 1.51. The highest BCUT2D eigenvalue weighted by molar-refractivity contribution is 5.83. The first kappa shape index (κ1) is 15.3. The van der Waals surface area contributed by atoms with Crippen molar-refractivity contribution in [2.45, 2.75) is 32.9 Å². The summed E-state index contributed by atoms with van der Waals surface area (Å²) in [4.78, 5) is 14.9. The summed E-state index contributed by atoms with van der Waals surface area (Å²) in [5.41, 5.74) is -0.716. The molecular formula is C12H15F3N2O2. The van der Waals surface area contributed by atoms with Gasteiger partial charge in [-0.05, 0) is 24.5 Å². The maximum Gasteiger partial charge on any atom is 0.416 e. The Morgan fingerprint density at radius 2 is 2.11 bits per heavy atom. The van der Waals surface area contributed by atoms with Gasteiger partial charge in [-0.3, -0.25) is 5.32 Å². The molecule has 0 aromatic carbocycles. The van der Waals surface area contributed by atoms with E-state index in [-0.39, 0.29) is 23.9 Å². The van der Waals surface area contributed by atoms with Crippen molar-refractivity contribution in [2.24, 2.45) is 0 Å². The maximum absolute atomic E-state index is 12.9. The van der Waals surface area contributed by atoms with E-state index >= 15 is 0 Å². The van der Waals surface area contributed by atoms with Crippen LogP contribution in [0, 0.1) is 0 Å². The average molecular weight is 276 g/mol. The van der Waals surface area contributed by atoms with Gasteiger partial charge >= 0.3 is 12.3 Å². The Labute approximate surface area is 109 Å². The first-order valence-corrected chi connectivity index (χ1v) is 5.76. The number of hydrogen-bond acceptors (Lipinski definition) is 3. The van der Waals surface area contributed by atoms with Gasteiger partial charge in [-0.2, -0.15) is 13.2 Å². The average Bonchev–Trinajstić information content (AvgIpc) is 2.27. The smallest absolute Gasteiger partial charge is 0.416 e. The highest BCUT2D eigenvalue weighted by Crippen LogP contribution is 2.35. The molecule has 0 fully saturated rings. The van der Waals surface area contributed by atoms with Crippen LogP contribution in [0.1, 0.15) is 37.8 Å². The van der Waals surface area contributed by atoms with E-state index in [9.17, 15) is 18.0 Å². The number of ether oxygens (including phenoxy) is 1. The lowest BCUT2D eigenvalue weighted by Crippen LogP contribution is -2.17. The second kappa shape index (κ2) is 5.90. The van der Waals surface area contributed by atoms with Gasteiger partial charge in [-0.15, -0.1) is 0 Å². The van der Waals surface area contributed by atoms with Gasteiger partial charge in [0, 0.05) is 6.20 Å². The summed E-state index contributed by atoms with van der Waals surface area (Å²) < 4.78 is 43.3. The zero-order valence-electron chi connectivity index (χ0n) is 10.8. The molecule has 19 heavy (non-hydrogen) atoms.